The fourth-order valence-corrected chi connectivity index (χ4v) is 3.21. The Balaban J connectivity index is 2.19. The zero-order valence-corrected chi connectivity index (χ0v) is 14.6. The van der Waals surface area contributed by atoms with Crippen molar-refractivity contribution in [1.82, 2.24) is 0 Å². The van der Waals surface area contributed by atoms with E-state index in [4.69, 9.17) is 0 Å². The largest absolute Gasteiger partial charge is 0.165 e. The van der Waals surface area contributed by atoms with Gasteiger partial charge in [-0.15, -0.1) is 0 Å². The van der Waals surface area contributed by atoms with Gasteiger partial charge < -0.3 is 0 Å². The molecule has 2 aromatic carbocycles. The van der Waals surface area contributed by atoms with Crippen molar-refractivity contribution in [3.63, 3.8) is 0 Å². The summed E-state index contributed by atoms with van der Waals surface area (Å²) in [5.41, 5.74) is 5.63. The molecule has 0 bridgehead atoms. The molecule has 0 spiro atoms. The molecule has 2 rings (SSSR count). The second-order valence-corrected chi connectivity index (χ2v) is 7.72. The van der Waals surface area contributed by atoms with E-state index in [1.165, 1.54) is 28.0 Å². The van der Waals surface area contributed by atoms with E-state index >= 15 is 0 Å². The second kappa shape index (κ2) is 6.70. The van der Waals surface area contributed by atoms with Crippen LogP contribution in [0.3, 0.4) is 0 Å². The van der Waals surface area contributed by atoms with Crippen LogP contribution in [0.2, 0.25) is 0 Å². The lowest BCUT2D eigenvalue weighted by molar-refractivity contribution is 0.590. The molecule has 21 heavy (non-hydrogen) atoms. The zero-order chi connectivity index (χ0) is 15.5. The third kappa shape index (κ3) is 4.14. The maximum Gasteiger partial charge on any atom is -0.000397 e. The molecule has 0 saturated heterocycles. The summed E-state index contributed by atoms with van der Waals surface area (Å²) < 4.78 is 0. The first kappa shape index (κ1) is 16.2. The molecular formula is C20H26S. The molecule has 0 radical (unpaired) electrons. The van der Waals surface area contributed by atoms with Gasteiger partial charge in [-0.1, -0.05) is 76.2 Å². The Morgan fingerprint density at radius 2 is 1.33 bits per heavy atom. The quantitative estimate of drug-likeness (QED) is 0.655. The molecule has 0 aromatic heterocycles. The zero-order valence-electron chi connectivity index (χ0n) is 13.8. The van der Waals surface area contributed by atoms with Crippen LogP contribution < -0.4 is 0 Å². The number of thioether (sulfide) groups is 1. The van der Waals surface area contributed by atoms with Gasteiger partial charge in [0.1, 0.15) is 0 Å². The summed E-state index contributed by atoms with van der Waals surface area (Å²) in [6, 6.07) is 18.0. The lowest BCUT2D eigenvalue weighted by Gasteiger charge is -2.19. The molecule has 0 fully saturated rings. The first-order chi connectivity index (χ1) is 9.91. The van der Waals surface area contributed by atoms with E-state index in [2.05, 4.69) is 82.5 Å². The summed E-state index contributed by atoms with van der Waals surface area (Å²) in [7, 11) is 0. The van der Waals surface area contributed by atoms with Gasteiger partial charge in [0, 0.05) is 0 Å². The lowest BCUT2D eigenvalue weighted by Crippen LogP contribution is -2.10. The fourth-order valence-electron chi connectivity index (χ4n) is 2.51. The third-order valence-electron chi connectivity index (χ3n) is 3.98. The minimum atomic E-state index is 0.218. The van der Waals surface area contributed by atoms with E-state index < -0.39 is 0 Å². The second-order valence-electron chi connectivity index (χ2n) is 6.81. The Morgan fingerprint density at radius 1 is 0.857 bits per heavy atom. The molecule has 0 aliphatic carbocycles. The highest BCUT2D eigenvalue weighted by molar-refractivity contribution is 7.98. The van der Waals surface area contributed by atoms with Gasteiger partial charge in [0.2, 0.25) is 0 Å². The highest BCUT2D eigenvalue weighted by Crippen LogP contribution is 2.27. The van der Waals surface area contributed by atoms with Gasteiger partial charge in [0.05, 0.1) is 0 Å². The van der Waals surface area contributed by atoms with Crippen LogP contribution in [0.15, 0.2) is 48.5 Å². The van der Waals surface area contributed by atoms with E-state index in [0.29, 0.717) is 5.92 Å². The number of hydrogen-bond donors (Lipinski definition) is 0. The highest BCUT2D eigenvalue weighted by Gasteiger charge is 2.13. The molecule has 0 heterocycles. The van der Waals surface area contributed by atoms with Gasteiger partial charge in [-0.2, -0.15) is 11.8 Å². The van der Waals surface area contributed by atoms with Crippen LogP contribution in [0.25, 0.3) is 11.1 Å². The van der Waals surface area contributed by atoms with Gasteiger partial charge in [-0.3, -0.25) is 0 Å². The summed E-state index contributed by atoms with van der Waals surface area (Å²) in [5.74, 6) is 1.80. The van der Waals surface area contributed by atoms with E-state index in [0.717, 1.165) is 0 Å². The van der Waals surface area contributed by atoms with E-state index in [1.54, 1.807) is 0 Å². The SMILES string of the molecule is CSCC(C)c1ccc(-c2ccc(C(C)(C)C)cc2)cc1. The summed E-state index contributed by atoms with van der Waals surface area (Å²) in [6.07, 6.45) is 2.17. The van der Waals surface area contributed by atoms with Gasteiger partial charge >= 0.3 is 0 Å². The normalized spacial score (nSPS) is 13.2. The Morgan fingerprint density at radius 3 is 1.76 bits per heavy atom. The lowest BCUT2D eigenvalue weighted by atomic mass is 9.86. The first-order valence-electron chi connectivity index (χ1n) is 7.61. The van der Waals surface area contributed by atoms with Crippen molar-refractivity contribution in [2.24, 2.45) is 0 Å². The predicted octanol–water partition coefficient (Wildman–Crippen LogP) is 6.12. The molecule has 1 atom stereocenters. The van der Waals surface area contributed by atoms with Crippen molar-refractivity contribution in [1.29, 1.82) is 0 Å². The van der Waals surface area contributed by atoms with Crippen molar-refractivity contribution >= 4 is 11.8 Å². The molecule has 1 unspecified atom stereocenters. The molecule has 0 saturated carbocycles. The Labute approximate surface area is 134 Å². The maximum atomic E-state index is 2.30. The summed E-state index contributed by atoms with van der Waals surface area (Å²) in [5, 5.41) is 0. The van der Waals surface area contributed by atoms with Crippen LogP contribution in [0.1, 0.15) is 44.7 Å². The monoisotopic (exact) mass is 298 g/mol. The smallest absolute Gasteiger partial charge is 0.000397 e. The molecule has 0 aliphatic rings. The van der Waals surface area contributed by atoms with Crippen molar-refractivity contribution in [2.45, 2.75) is 39.0 Å². The Kier molecular flexibility index (Phi) is 5.16. The van der Waals surface area contributed by atoms with E-state index in [1.807, 2.05) is 11.8 Å². The molecule has 0 aliphatic heterocycles. The topological polar surface area (TPSA) is 0 Å². The van der Waals surface area contributed by atoms with Gasteiger partial charge in [0.25, 0.3) is 0 Å². The van der Waals surface area contributed by atoms with Crippen molar-refractivity contribution in [3.05, 3.63) is 59.7 Å². The van der Waals surface area contributed by atoms with Crippen molar-refractivity contribution in [3.8, 4) is 11.1 Å². The minimum Gasteiger partial charge on any atom is -0.165 e. The highest BCUT2D eigenvalue weighted by atomic mass is 32.2. The number of rotatable bonds is 4. The molecule has 1 heteroatoms. The number of benzene rings is 2. The Bertz CT molecular complexity index is 558. The molecule has 0 N–H and O–H groups in total. The summed E-state index contributed by atoms with van der Waals surface area (Å²) in [6.45, 7) is 9.06. The molecule has 112 valence electrons. The first-order valence-corrected chi connectivity index (χ1v) is 9.01. The average molecular weight is 298 g/mol. The van der Waals surface area contributed by atoms with Gasteiger partial charge in [0.15, 0.2) is 0 Å². The standard InChI is InChI=1S/C20H26S/c1-15(14-21-5)16-6-8-17(9-7-16)18-10-12-19(13-11-18)20(2,3)4/h6-13,15H,14H2,1-5H3. The van der Waals surface area contributed by atoms with Crippen LogP contribution >= 0.6 is 11.8 Å². The minimum absolute atomic E-state index is 0.218. The number of hydrogen-bond acceptors (Lipinski definition) is 1. The molecule has 0 nitrogen and oxygen atoms in total. The van der Waals surface area contributed by atoms with Crippen molar-refractivity contribution in [2.75, 3.05) is 12.0 Å². The van der Waals surface area contributed by atoms with Crippen LogP contribution in [0.5, 0.6) is 0 Å². The van der Waals surface area contributed by atoms with Crippen LogP contribution in [-0.2, 0) is 5.41 Å². The molecule has 0 amide bonds. The maximum absolute atomic E-state index is 2.30. The van der Waals surface area contributed by atoms with E-state index in [-0.39, 0.29) is 5.41 Å². The molecular weight excluding hydrogens is 272 g/mol. The summed E-state index contributed by atoms with van der Waals surface area (Å²) >= 11 is 1.91. The Hall–Kier alpha value is -1.21. The van der Waals surface area contributed by atoms with Crippen LogP contribution in [0.4, 0.5) is 0 Å². The van der Waals surface area contributed by atoms with Crippen molar-refractivity contribution < 1.29 is 0 Å². The average Bonchev–Trinajstić information content (AvgIpc) is 2.47. The van der Waals surface area contributed by atoms with Crippen LogP contribution in [-0.4, -0.2) is 12.0 Å². The molecule has 2 aromatic rings. The fraction of sp³-hybridized carbons (Fsp3) is 0.400. The summed E-state index contributed by atoms with van der Waals surface area (Å²) in [4.78, 5) is 0. The van der Waals surface area contributed by atoms with Crippen LogP contribution in [0, 0.1) is 0 Å². The third-order valence-corrected chi connectivity index (χ3v) is 4.81. The predicted molar refractivity (Wildman–Crippen MR) is 97.4 cm³/mol. The van der Waals surface area contributed by atoms with E-state index in [9.17, 15) is 0 Å². The van der Waals surface area contributed by atoms with Gasteiger partial charge in [-0.25, -0.2) is 0 Å². The van der Waals surface area contributed by atoms with Gasteiger partial charge in [-0.05, 0) is 45.6 Å².